The molecule has 3 N–H and O–H groups in total. The van der Waals surface area contributed by atoms with Crippen LogP contribution < -0.4 is 11.1 Å². The number of halogens is 2. The van der Waals surface area contributed by atoms with Crippen LogP contribution in [0, 0.1) is 11.3 Å². The van der Waals surface area contributed by atoms with Crippen LogP contribution in [0.1, 0.15) is 34.6 Å². The highest BCUT2D eigenvalue weighted by atomic mass is 35.5. The summed E-state index contributed by atoms with van der Waals surface area (Å²) in [7, 11) is 0. The molecule has 0 aromatic rings. The summed E-state index contributed by atoms with van der Waals surface area (Å²) in [6.07, 6.45) is 0.0682. The van der Waals surface area contributed by atoms with Gasteiger partial charge in [-0.2, -0.15) is 0 Å². The van der Waals surface area contributed by atoms with Gasteiger partial charge in [0.25, 0.3) is 0 Å². The van der Waals surface area contributed by atoms with Gasteiger partial charge in [-0.1, -0.05) is 34.6 Å². The maximum Gasteiger partial charge on any atom is 0.237 e. The average molecular weight is 358 g/mol. The van der Waals surface area contributed by atoms with Gasteiger partial charge in [-0.15, -0.1) is 24.8 Å². The Labute approximate surface area is 147 Å². The Morgan fingerprint density at radius 3 is 2.45 bits per heavy atom. The molecule has 1 saturated heterocycles. The molecule has 5 nitrogen and oxygen atoms in total. The van der Waals surface area contributed by atoms with E-state index in [0.717, 1.165) is 26.2 Å². The van der Waals surface area contributed by atoms with Gasteiger partial charge < -0.3 is 15.8 Å². The molecule has 0 spiro atoms. The zero-order valence-corrected chi connectivity index (χ0v) is 16.1. The molecule has 0 aromatic heterocycles. The van der Waals surface area contributed by atoms with Gasteiger partial charge in [0.2, 0.25) is 5.91 Å². The van der Waals surface area contributed by atoms with Crippen molar-refractivity contribution >= 4 is 30.7 Å². The molecule has 0 aliphatic carbocycles. The minimum atomic E-state index is -0.488. The number of nitrogens with zero attached hydrogens (tertiary/aromatic N) is 1. The lowest BCUT2D eigenvalue weighted by Crippen LogP contribution is -2.53. The summed E-state index contributed by atoms with van der Waals surface area (Å²) >= 11 is 0. The molecule has 0 radical (unpaired) electrons. The summed E-state index contributed by atoms with van der Waals surface area (Å²) in [6.45, 7) is 14.6. The number of amides is 1. The number of hydrogen-bond acceptors (Lipinski definition) is 4. The topological polar surface area (TPSA) is 67.6 Å². The Morgan fingerprint density at radius 2 is 1.95 bits per heavy atom. The number of nitrogens with one attached hydrogen (secondary N) is 1. The van der Waals surface area contributed by atoms with Crippen molar-refractivity contribution in [3.8, 4) is 0 Å². The molecule has 1 aliphatic heterocycles. The van der Waals surface area contributed by atoms with Gasteiger partial charge in [0, 0.05) is 26.2 Å². The average Bonchev–Trinajstić information content (AvgIpc) is 2.33. The molecule has 22 heavy (non-hydrogen) atoms. The van der Waals surface area contributed by atoms with E-state index in [4.69, 9.17) is 10.5 Å². The zero-order chi connectivity index (χ0) is 15.3. The third-order valence-electron chi connectivity index (χ3n) is 3.57. The Morgan fingerprint density at radius 1 is 1.36 bits per heavy atom. The summed E-state index contributed by atoms with van der Waals surface area (Å²) < 4.78 is 5.71. The number of carbonyl (C=O) groups excluding carboxylic acids is 1. The summed E-state index contributed by atoms with van der Waals surface area (Å²) in [5, 5.41) is 2.92. The predicted octanol–water partition coefficient (Wildman–Crippen LogP) is 1.68. The van der Waals surface area contributed by atoms with E-state index in [-0.39, 0.29) is 42.2 Å². The minimum Gasteiger partial charge on any atom is -0.374 e. The van der Waals surface area contributed by atoms with Crippen LogP contribution in [-0.4, -0.2) is 55.7 Å². The first kappa shape index (κ1) is 24.2. The fourth-order valence-corrected chi connectivity index (χ4v) is 2.30. The molecule has 0 aromatic carbocycles. The van der Waals surface area contributed by atoms with E-state index < -0.39 is 6.04 Å². The summed E-state index contributed by atoms with van der Waals surface area (Å²) in [4.78, 5) is 14.4. The van der Waals surface area contributed by atoms with Crippen LogP contribution in [0.25, 0.3) is 0 Å². The lowest BCUT2D eigenvalue weighted by atomic mass is 9.87. The van der Waals surface area contributed by atoms with Crippen LogP contribution in [0.2, 0.25) is 0 Å². The molecule has 2 atom stereocenters. The largest absolute Gasteiger partial charge is 0.374 e. The normalized spacial score (nSPS) is 20.8. The van der Waals surface area contributed by atoms with Crippen molar-refractivity contribution in [2.24, 2.45) is 17.1 Å². The van der Waals surface area contributed by atoms with Crippen molar-refractivity contribution in [3.63, 3.8) is 0 Å². The molecule has 1 heterocycles. The van der Waals surface area contributed by atoms with Crippen molar-refractivity contribution in [2.45, 2.75) is 46.8 Å². The first-order valence-corrected chi connectivity index (χ1v) is 7.57. The van der Waals surface area contributed by atoms with Crippen molar-refractivity contribution < 1.29 is 9.53 Å². The highest BCUT2D eigenvalue weighted by Gasteiger charge is 2.28. The molecular weight excluding hydrogens is 325 g/mol. The van der Waals surface area contributed by atoms with Gasteiger partial charge in [0.15, 0.2) is 0 Å². The minimum absolute atomic E-state index is 0. The van der Waals surface area contributed by atoms with E-state index >= 15 is 0 Å². The van der Waals surface area contributed by atoms with Gasteiger partial charge in [-0.25, -0.2) is 0 Å². The van der Waals surface area contributed by atoms with Crippen LogP contribution in [0.3, 0.4) is 0 Å². The highest BCUT2D eigenvalue weighted by molar-refractivity contribution is 5.85. The number of nitrogens with two attached hydrogens (primary N) is 1. The molecule has 0 bridgehead atoms. The molecule has 0 saturated carbocycles. The van der Waals surface area contributed by atoms with Crippen LogP contribution in [0.15, 0.2) is 0 Å². The number of morpholine rings is 1. The second-order valence-electron chi connectivity index (χ2n) is 7.24. The zero-order valence-electron chi connectivity index (χ0n) is 14.4. The lowest BCUT2D eigenvalue weighted by Gasteiger charge is -2.34. The van der Waals surface area contributed by atoms with E-state index in [9.17, 15) is 4.79 Å². The molecule has 1 fully saturated rings. The third kappa shape index (κ3) is 8.53. The number of ether oxygens (including phenoxy) is 1. The Hall–Kier alpha value is -0.0700. The van der Waals surface area contributed by atoms with E-state index in [0.29, 0.717) is 12.5 Å². The monoisotopic (exact) mass is 357 g/mol. The number of rotatable bonds is 5. The Kier molecular flexibility index (Phi) is 11.7. The molecule has 1 unspecified atom stereocenters. The van der Waals surface area contributed by atoms with Gasteiger partial charge in [-0.05, 0) is 11.3 Å². The summed E-state index contributed by atoms with van der Waals surface area (Å²) in [5.41, 5.74) is 5.72. The quantitative estimate of drug-likeness (QED) is 0.785. The smallest absolute Gasteiger partial charge is 0.237 e. The van der Waals surface area contributed by atoms with Crippen molar-refractivity contribution in [2.75, 3.05) is 32.8 Å². The maximum atomic E-state index is 12.0. The first-order valence-electron chi connectivity index (χ1n) is 7.57. The van der Waals surface area contributed by atoms with E-state index in [1.807, 2.05) is 20.8 Å². The van der Waals surface area contributed by atoms with E-state index in [1.54, 1.807) is 0 Å². The van der Waals surface area contributed by atoms with Crippen LogP contribution >= 0.6 is 24.8 Å². The molecule has 1 rings (SSSR count). The third-order valence-corrected chi connectivity index (χ3v) is 3.57. The van der Waals surface area contributed by atoms with Crippen LogP contribution in [0.4, 0.5) is 0 Å². The van der Waals surface area contributed by atoms with Crippen molar-refractivity contribution in [3.05, 3.63) is 0 Å². The van der Waals surface area contributed by atoms with Gasteiger partial charge in [-0.3, -0.25) is 9.69 Å². The second-order valence-corrected chi connectivity index (χ2v) is 7.24. The second kappa shape index (κ2) is 10.7. The highest BCUT2D eigenvalue weighted by Crippen LogP contribution is 2.17. The SMILES string of the molecule is CC(C)CN1CCOC(CNC(=O)[C@@H](N)C(C)(C)C)C1.Cl.Cl. The van der Waals surface area contributed by atoms with Crippen LogP contribution in [0.5, 0.6) is 0 Å². The molecular formula is C15H33Cl2N3O2. The first-order chi connectivity index (χ1) is 9.20. The van der Waals surface area contributed by atoms with Crippen LogP contribution in [-0.2, 0) is 9.53 Å². The molecule has 1 amide bonds. The fourth-order valence-electron chi connectivity index (χ4n) is 2.30. The van der Waals surface area contributed by atoms with Gasteiger partial charge >= 0.3 is 0 Å². The predicted molar refractivity (Wildman–Crippen MR) is 96.0 cm³/mol. The Balaban J connectivity index is 0. The van der Waals surface area contributed by atoms with E-state index in [1.165, 1.54) is 0 Å². The van der Waals surface area contributed by atoms with E-state index in [2.05, 4.69) is 24.1 Å². The standard InChI is InChI=1S/C15H31N3O2.2ClH/c1-11(2)9-18-6-7-20-12(10-18)8-17-14(19)13(16)15(3,4)5;;/h11-13H,6-10,16H2,1-5H3,(H,17,19);2*1H/t12?,13-;;/m1../s1. The fraction of sp³-hybridized carbons (Fsp3) is 0.933. The summed E-state index contributed by atoms with van der Waals surface area (Å²) in [5.74, 6) is 0.555. The lowest BCUT2D eigenvalue weighted by molar-refractivity contribution is -0.125. The number of hydrogen-bond donors (Lipinski definition) is 2. The molecule has 134 valence electrons. The Bertz CT molecular complexity index is 322. The summed E-state index contributed by atoms with van der Waals surface area (Å²) in [6, 6.07) is -0.488. The number of carbonyl (C=O) groups is 1. The van der Waals surface area contributed by atoms with Crippen molar-refractivity contribution in [1.29, 1.82) is 0 Å². The maximum absolute atomic E-state index is 12.0. The van der Waals surface area contributed by atoms with Crippen molar-refractivity contribution in [1.82, 2.24) is 10.2 Å². The van der Waals surface area contributed by atoms with Gasteiger partial charge in [0.1, 0.15) is 0 Å². The van der Waals surface area contributed by atoms with Gasteiger partial charge in [0.05, 0.1) is 18.8 Å². The molecule has 1 aliphatic rings. The molecule has 7 heteroatoms.